The SMILES string of the molecule is C[SiH](C)O[Si](CC(F)C(F)F)(O[SiH](C)C)O[SiH](C)C. The van der Waals surface area contributed by atoms with Gasteiger partial charge in [-0.05, 0) is 39.3 Å². The first-order valence-corrected chi connectivity index (χ1v) is 16.8. The molecular formula is C9H25F3O3Si4. The molecule has 0 aliphatic rings. The van der Waals surface area contributed by atoms with E-state index in [0.29, 0.717) is 0 Å². The lowest BCUT2D eigenvalue weighted by Crippen LogP contribution is -2.55. The van der Waals surface area contributed by atoms with E-state index in [1.54, 1.807) is 0 Å². The predicted octanol–water partition coefficient (Wildman–Crippen LogP) is 2.53. The van der Waals surface area contributed by atoms with E-state index in [-0.39, 0.29) is 0 Å². The zero-order chi connectivity index (χ0) is 15.2. The fraction of sp³-hybridized carbons (Fsp3) is 1.00. The van der Waals surface area contributed by atoms with E-state index in [9.17, 15) is 13.2 Å². The Balaban J connectivity index is 5.09. The lowest BCUT2D eigenvalue weighted by atomic mass is 10.5. The van der Waals surface area contributed by atoms with Crippen LogP contribution in [0.1, 0.15) is 0 Å². The number of alkyl halides is 3. The third kappa shape index (κ3) is 8.42. The van der Waals surface area contributed by atoms with Crippen LogP contribution in [0.15, 0.2) is 0 Å². The molecule has 0 amide bonds. The molecule has 0 aromatic rings. The van der Waals surface area contributed by atoms with Gasteiger partial charge in [0.25, 0.3) is 6.43 Å². The van der Waals surface area contributed by atoms with Crippen LogP contribution < -0.4 is 0 Å². The quantitative estimate of drug-likeness (QED) is 0.598. The molecule has 116 valence electrons. The molecule has 1 atom stereocenters. The Bertz CT molecular complexity index is 230. The van der Waals surface area contributed by atoms with Gasteiger partial charge in [0.1, 0.15) is 0 Å². The second-order valence-corrected chi connectivity index (χ2v) is 16.1. The van der Waals surface area contributed by atoms with Crippen LogP contribution in [0.4, 0.5) is 13.2 Å². The maximum atomic E-state index is 13.5. The molecule has 0 rings (SSSR count). The van der Waals surface area contributed by atoms with Gasteiger partial charge in [0.15, 0.2) is 33.3 Å². The minimum absolute atomic E-state index is 0.424. The van der Waals surface area contributed by atoms with Crippen LogP contribution >= 0.6 is 0 Å². The highest BCUT2D eigenvalue weighted by Gasteiger charge is 2.47. The van der Waals surface area contributed by atoms with Gasteiger partial charge in [-0.25, -0.2) is 13.2 Å². The smallest absolute Gasteiger partial charge is 0.420 e. The van der Waals surface area contributed by atoms with Crippen molar-refractivity contribution in [2.45, 2.75) is 57.9 Å². The average molecular weight is 351 g/mol. The van der Waals surface area contributed by atoms with Crippen molar-refractivity contribution in [1.82, 2.24) is 0 Å². The molecule has 0 bridgehead atoms. The molecule has 0 aromatic carbocycles. The first kappa shape index (κ1) is 19.5. The fourth-order valence-electron chi connectivity index (χ4n) is 1.63. The monoisotopic (exact) mass is 350 g/mol. The molecule has 0 aliphatic heterocycles. The second kappa shape index (κ2) is 8.74. The fourth-order valence-corrected chi connectivity index (χ4v) is 14.2. The molecule has 0 fully saturated rings. The molecule has 0 radical (unpaired) electrons. The molecule has 0 N–H and O–H groups in total. The summed E-state index contributed by atoms with van der Waals surface area (Å²) in [4.78, 5) is 0. The van der Waals surface area contributed by atoms with Crippen molar-refractivity contribution in [2.24, 2.45) is 0 Å². The van der Waals surface area contributed by atoms with Crippen LogP contribution in [0.3, 0.4) is 0 Å². The Morgan fingerprint density at radius 1 is 0.789 bits per heavy atom. The molecule has 3 nitrogen and oxygen atoms in total. The number of hydrogen-bond acceptors (Lipinski definition) is 3. The predicted molar refractivity (Wildman–Crippen MR) is 81.3 cm³/mol. The van der Waals surface area contributed by atoms with E-state index >= 15 is 0 Å². The summed E-state index contributed by atoms with van der Waals surface area (Å²) < 4.78 is 55.9. The summed E-state index contributed by atoms with van der Waals surface area (Å²) in [6.07, 6.45) is -5.25. The molecule has 1 unspecified atom stereocenters. The summed E-state index contributed by atoms with van der Waals surface area (Å²) in [6, 6.07) is -0.424. The standard InChI is InChI=1S/C9H25F3O3Si4/c1-16(2)13-19(14-17(3)4,15-18(5)6)7-8(10)9(11)12/h8-9,16-18H,7H2,1-6H3. The number of rotatable bonds is 9. The van der Waals surface area contributed by atoms with Gasteiger partial charge in [0.05, 0.1) is 6.04 Å². The summed E-state index contributed by atoms with van der Waals surface area (Å²) in [6.45, 7) is 11.5. The molecule has 0 saturated carbocycles. The Hall–Kier alpha value is 0.538. The summed E-state index contributed by atoms with van der Waals surface area (Å²) in [5, 5.41) is 0. The Labute approximate surface area is 120 Å². The van der Waals surface area contributed by atoms with Crippen LogP contribution in [-0.4, -0.2) is 48.5 Å². The van der Waals surface area contributed by atoms with Gasteiger partial charge >= 0.3 is 8.80 Å². The van der Waals surface area contributed by atoms with Gasteiger partial charge in [-0.1, -0.05) is 0 Å². The average Bonchev–Trinajstić information content (AvgIpc) is 2.12. The van der Waals surface area contributed by atoms with Crippen molar-refractivity contribution >= 4 is 35.9 Å². The van der Waals surface area contributed by atoms with Crippen LogP contribution in [0.25, 0.3) is 0 Å². The molecular weight excluding hydrogens is 325 g/mol. The highest BCUT2D eigenvalue weighted by atomic mass is 28.5. The Morgan fingerprint density at radius 3 is 1.32 bits per heavy atom. The third-order valence-electron chi connectivity index (χ3n) is 1.96. The van der Waals surface area contributed by atoms with Gasteiger partial charge in [-0.3, -0.25) is 0 Å². The summed E-state index contributed by atoms with van der Waals surface area (Å²) in [5.74, 6) is 0. The van der Waals surface area contributed by atoms with Crippen molar-refractivity contribution in [3.05, 3.63) is 0 Å². The van der Waals surface area contributed by atoms with E-state index in [2.05, 4.69) is 0 Å². The maximum Gasteiger partial charge on any atom is 0.472 e. The molecule has 0 spiro atoms. The van der Waals surface area contributed by atoms with E-state index in [4.69, 9.17) is 12.3 Å². The Morgan fingerprint density at radius 2 is 1.11 bits per heavy atom. The van der Waals surface area contributed by atoms with Crippen molar-refractivity contribution in [3.8, 4) is 0 Å². The molecule has 0 heterocycles. The first-order chi connectivity index (χ1) is 8.58. The summed E-state index contributed by atoms with van der Waals surface area (Å²) in [5.41, 5.74) is 0. The highest BCUT2D eigenvalue weighted by molar-refractivity contribution is 6.80. The van der Waals surface area contributed by atoms with Crippen LogP contribution in [0.2, 0.25) is 45.3 Å². The first-order valence-electron chi connectivity index (χ1n) is 6.53. The van der Waals surface area contributed by atoms with E-state index in [1.807, 2.05) is 39.3 Å². The van der Waals surface area contributed by atoms with Gasteiger partial charge in [-0.15, -0.1) is 0 Å². The summed E-state index contributed by atoms with van der Waals surface area (Å²) >= 11 is 0. The maximum absolute atomic E-state index is 13.5. The van der Waals surface area contributed by atoms with Crippen LogP contribution in [0, 0.1) is 0 Å². The minimum Gasteiger partial charge on any atom is -0.420 e. The van der Waals surface area contributed by atoms with Crippen LogP contribution in [-0.2, 0) is 12.3 Å². The van der Waals surface area contributed by atoms with E-state index < -0.39 is 54.6 Å². The van der Waals surface area contributed by atoms with Gasteiger partial charge in [-0.2, -0.15) is 0 Å². The van der Waals surface area contributed by atoms with Crippen molar-refractivity contribution in [2.75, 3.05) is 0 Å². The largest absolute Gasteiger partial charge is 0.472 e. The summed E-state index contributed by atoms with van der Waals surface area (Å²) in [7, 11) is -7.96. The molecule has 19 heavy (non-hydrogen) atoms. The number of hydrogen-bond donors (Lipinski definition) is 0. The van der Waals surface area contributed by atoms with E-state index in [0.717, 1.165) is 0 Å². The Kier molecular flexibility index (Phi) is 8.99. The minimum atomic E-state index is -3.28. The van der Waals surface area contributed by atoms with E-state index in [1.165, 1.54) is 0 Å². The lowest BCUT2D eigenvalue weighted by molar-refractivity contribution is 0.0522. The topological polar surface area (TPSA) is 27.7 Å². The zero-order valence-electron chi connectivity index (χ0n) is 12.5. The van der Waals surface area contributed by atoms with Crippen molar-refractivity contribution < 1.29 is 25.5 Å². The molecule has 0 aliphatic carbocycles. The lowest BCUT2D eigenvalue weighted by Gasteiger charge is -2.36. The number of halogens is 3. The zero-order valence-corrected chi connectivity index (χ0v) is 16.9. The van der Waals surface area contributed by atoms with Crippen molar-refractivity contribution in [3.63, 3.8) is 0 Å². The van der Waals surface area contributed by atoms with Gasteiger partial charge in [0, 0.05) is 0 Å². The molecule has 0 saturated heterocycles. The van der Waals surface area contributed by atoms with Gasteiger partial charge < -0.3 is 12.3 Å². The third-order valence-corrected chi connectivity index (χ3v) is 12.8. The molecule has 10 heteroatoms. The second-order valence-electron chi connectivity index (χ2n) is 5.24. The normalized spacial score (nSPS) is 15.0. The molecule has 0 aromatic heterocycles. The van der Waals surface area contributed by atoms with Crippen molar-refractivity contribution in [1.29, 1.82) is 0 Å². The van der Waals surface area contributed by atoms with Crippen LogP contribution in [0.5, 0.6) is 0 Å². The highest BCUT2D eigenvalue weighted by Crippen LogP contribution is 2.25. The van der Waals surface area contributed by atoms with Gasteiger partial charge in [0.2, 0.25) is 0 Å².